The minimum atomic E-state index is -0.256. The van der Waals surface area contributed by atoms with E-state index in [1.54, 1.807) is 4.90 Å². The molecule has 0 saturated carbocycles. The molecule has 7 heteroatoms. The van der Waals surface area contributed by atoms with Crippen molar-refractivity contribution < 1.29 is 9.53 Å². The summed E-state index contributed by atoms with van der Waals surface area (Å²) in [5.74, 6) is 0.949. The molecule has 6 nitrogen and oxygen atoms in total. The van der Waals surface area contributed by atoms with Crippen molar-refractivity contribution in [3.8, 4) is 0 Å². The van der Waals surface area contributed by atoms with Crippen molar-refractivity contribution in [2.24, 2.45) is 0 Å². The number of anilines is 1. The number of carbonyl (C=O) groups excluding carboxylic acids is 1. The lowest BCUT2D eigenvalue weighted by molar-refractivity contribution is 0.0941. The molecule has 1 fully saturated rings. The Bertz CT molecular complexity index is 1170. The maximum absolute atomic E-state index is 12.5. The number of aromatic nitrogens is 1. The van der Waals surface area contributed by atoms with Crippen LogP contribution in [0.2, 0.25) is 0 Å². The highest BCUT2D eigenvalue weighted by molar-refractivity contribution is 7.80. The van der Waals surface area contributed by atoms with Crippen LogP contribution in [-0.4, -0.2) is 71.6 Å². The molecule has 0 atom stereocenters. The van der Waals surface area contributed by atoms with Crippen LogP contribution in [0, 0.1) is 0 Å². The molecule has 1 aliphatic rings. The third kappa shape index (κ3) is 7.73. The number of carbonyl (C=O) groups is 1. The molecule has 0 unspecified atom stereocenters. The van der Waals surface area contributed by atoms with Gasteiger partial charge in [-0.25, -0.2) is 9.78 Å². The number of ether oxygens (including phenoxy) is 1. The van der Waals surface area contributed by atoms with Crippen LogP contribution in [0.4, 0.5) is 10.6 Å². The van der Waals surface area contributed by atoms with Crippen molar-refractivity contribution in [1.29, 1.82) is 0 Å². The largest absolute Gasteiger partial charge is 0.445 e. The highest BCUT2D eigenvalue weighted by Crippen LogP contribution is 2.22. The first-order valence-corrected chi connectivity index (χ1v) is 13.8. The number of nitrogens with zero attached hydrogens (tertiary/aromatic N) is 4. The van der Waals surface area contributed by atoms with Gasteiger partial charge in [0.25, 0.3) is 0 Å². The molecular weight excluding hydrogens is 480 g/mol. The zero-order valence-electron chi connectivity index (χ0n) is 22.1. The zero-order chi connectivity index (χ0) is 26.0. The first-order valence-electron chi connectivity index (χ1n) is 13.4. The second-order valence-corrected chi connectivity index (χ2v) is 10.1. The highest BCUT2D eigenvalue weighted by Gasteiger charge is 2.23. The summed E-state index contributed by atoms with van der Waals surface area (Å²) in [6.07, 6.45) is 2.70. The summed E-state index contributed by atoms with van der Waals surface area (Å²) in [6, 6.07) is 20.5. The fraction of sp³-hybridized carbons (Fsp3) is 0.433. The predicted octanol–water partition coefficient (Wildman–Crippen LogP) is 5.73. The van der Waals surface area contributed by atoms with Crippen molar-refractivity contribution in [2.45, 2.75) is 39.7 Å². The van der Waals surface area contributed by atoms with E-state index in [0.29, 0.717) is 19.7 Å². The Morgan fingerprint density at radius 3 is 2.46 bits per heavy atom. The van der Waals surface area contributed by atoms with Gasteiger partial charge in [-0.05, 0) is 72.7 Å². The van der Waals surface area contributed by atoms with Crippen molar-refractivity contribution in [1.82, 2.24) is 14.8 Å². The summed E-state index contributed by atoms with van der Waals surface area (Å²) < 4.78 is 5.49. The highest BCUT2D eigenvalue weighted by atomic mass is 32.1. The third-order valence-corrected chi connectivity index (χ3v) is 7.38. The van der Waals surface area contributed by atoms with Crippen molar-refractivity contribution >= 4 is 39.9 Å². The van der Waals surface area contributed by atoms with E-state index in [-0.39, 0.29) is 6.09 Å². The number of benzene rings is 2. The number of piperazine rings is 1. The van der Waals surface area contributed by atoms with Gasteiger partial charge in [0.15, 0.2) is 0 Å². The van der Waals surface area contributed by atoms with Crippen molar-refractivity contribution in [3.05, 3.63) is 71.8 Å². The Morgan fingerprint density at radius 2 is 1.73 bits per heavy atom. The minimum Gasteiger partial charge on any atom is -0.445 e. The molecule has 0 radical (unpaired) electrons. The summed E-state index contributed by atoms with van der Waals surface area (Å²) in [5, 5.41) is 1.13. The Morgan fingerprint density at radius 1 is 0.973 bits per heavy atom. The number of hydrogen-bond donors (Lipinski definition) is 0. The molecule has 3 aromatic rings. The standard InChI is InChI=1S/C30H38N4O2S/c1-3-32(4-2)16-8-11-27(37)22-25-12-14-28-26(21-25)13-15-29(31-28)33-17-19-34(20-18-33)30(35)36-23-24-9-6-5-7-10-24/h5-7,9-10,12-15,21H,3-4,8,11,16-20,22-23H2,1-2H3. The fourth-order valence-corrected chi connectivity index (χ4v) is 5.05. The number of fused-ring (bicyclic) bond motifs is 1. The quantitative estimate of drug-likeness (QED) is 0.302. The second-order valence-electron chi connectivity index (χ2n) is 9.56. The van der Waals surface area contributed by atoms with Gasteiger partial charge >= 0.3 is 6.09 Å². The van der Waals surface area contributed by atoms with E-state index in [4.69, 9.17) is 21.9 Å². The molecule has 1 aliphatic heterocycles. The lowest BCUT2D eigenvalue weighted by Gasteiger charge is -2.34. The van der Waals surface area contributed by atoms with E-state index in [2.05, 4.69) is 54.0 Å². The Hall–Kier alpha value is -3.03. The lowest BCUT2D eigenvalue weighted by atomic mass is 10.0. The van der Waals surface area contributed by atoms with E-state index >= 15 is 0 Å². The van der Waals surface area contributed by atoms with Crippen LogP contribution in [0.25, 0.3) is 10.9 Å². The molecule has 2 heterocycles. The third-order valence-electron chi connectivity index (χ3n) is 7.03. The monoisotopic (exact) mass is 518 g/mol. The molecule has 37 heavy (non-hydrogen) atoms. The number of thiocarbonyl (C=S) groups is 1. The maximum atomic E-state index is 12.5. The summed E-state index contributed by atoms with van der Waals surface area (Å²) in [6.45, 7) is 10.7. The Kier molecular flexibility index (Phi) is 9.85. The second kappa shape index (κ2) is 13.5. The molecule has 1 aromatic heterocycles. The number of hydrogen-bond acceptors (Lipinski definition) is 6. The summed E-state index contributed by atoms with van der Waals surface area (Å²) >= 11 is 5.68. The topological polar surface area (TPSA) is 48.9 Å². The van der Waals surface area contributed by atoms with Crippen molar-refractivity contribution in [3.63, 3.8) is 0 Å². The molecule has 2 aromatic carbocycles. The van der Waals surface area contributed by atoms with Crippen LogP contribution in [-0.2, 0) is 17.8 Å². The van der Waals surface area contributed by atoms with Crippen molar-refractivity contribution in [2.75, 3.05) is 50.7 Å². The Labute approximate surface area is 226 Å². The molecule has 0 spiro atoms. The SMILES string of the molecule is CCN(CC)CCCC(=S)Cc1ccc2nc(N3CCN(C(=O)OCc4ccccc4)CC3)ccc2c1. The van der Waals surface area contributed by atoms with Crippen LogP contribution >= 0.6 is 12.2 Å². The molecule has 0 N–H and O–H groups in total. The van der Waals surface area contributed by atoms with Gasteiger partial charge in [0.05, 0.1) is 5.52 Å². The van der Waals surface area contributed by atoms with Gasteiger partial charge in [0.2, 0.25) is 0 Å². The lowest BCUT2D eigenvalue weighted by Crippen LogP contribution is -2.49. The number of rotatable bonds is 11. The predicted molar refractivity (Wildman–Crippen MR) is 155 cm³/mol. The van der Waals surface area contributed by atoms with Crippen LogP contribution < -0.4 is 4.90 Å². The summed E-state index contributed by atoms with van der Waals surface area (Å²) in [4.78, 5) is 25.0. The van der Waals surface area contributed by atoms with E-state index in [1.807, 2.05) is 30.3 Å². The number of pyridine rings is 1. The van der Waals surface area contributed by atoms with Gasteiger partial charge in [-0.15, -0.1) is 0 Å². The zero-order valence-corrected chi connectivity index (χ0v) is 22.9. The normalized spacial score (nSPS) is 13.8. The van der Waals surface area contributed by atoms with E-state index in [9.17, 15) is 4.79 Å². The average Bonchev–Trinajstić information content (AvgIpc) is 2.94. The minimum absolute atomic E-state index is 0.256. The van der Waals surface area contributed by atoms with Gasteiger partial charge in [0.1, 0.15) is 12.4 Å². The molecule has 196 valence electrons. The molecule has 0 bridgehead atoms. The molecule has 0 aliphatic carbocycles. The molecular formula is C30H38N4O2S. The van der Waals surface area contributed by atoms with E-state index < -0.39 is 0 Å². The van der Waals surface area contributed by atoms with E-state index in [1.165, 1.54) is 5.56 Å². The summed E-state index contributed by atoms with van der Waals surface area (Å²) in [5.41, 5.74) is 3.23. The average molecular weight is 519 g/mol. The van der Waals surface area contributed by atoms with Crippen LogP contribution in [0.1, 0.15) is 37.8 Å². The smallest absolute Gasteiger partial charge is 0.410 e. The van der Waals surface area contributed by atoms with Gasteiger partial charge in [-0.2, -0.15) is 0 Å². The fourth-order valence-electron chi connectivity index (χ4n) is 4.73. The van der Waals surface area contributed by atoms with Gasteiger partial charge in [-0.3, -0.25) is 0 Å². The maximum Gasteiger partial charge on any atom is 0.410 e. The molecule has 1 amide bonds. The van der Waals surface area contributed by atoms with Crippen LogP contribution in [0.3, 0.4) is 0 Å². The van der Waals surface area contributed by atoms with Gasteiger partial charge in [0, 0.05) is 38.0 Å². The molecule has 1 saturated heterocycles. The van der Waals surface area contributed by atoms with Gasteiger partial charge in [-0.1, -0.05) is 62.5 Å². The van der Waals surface area contributed by atoms with Gasteiger partial charge < -0.3 is 19.4 Å². The summed E-state index contributed by atoms with van der Waals surface area (Å²) in [7, 11) is 0. The van der Waals surface area contributed by atoms with E-state index in [0.717, 1.165) is 79.1 Å². The molecule has 4 rings (SSSR count). The van der Waals surface area contributed by atoms with Crippen LogP contribution in [0.15, 0.2) is 60.7 Å². The number of amides is 1. The first kappa shape index (κ1) is 27.0. The Balaban J connectivity index is 1.26. The van der Waals surface area contributed by atoms with Crippen LogP contribution in [0.5, 0.6) is 0 Å². The first-order chi connectivity index (χ1) is 18.1.